The molecular weight excluding hydrogens is 130 g/mol. The average molecular weight is 143 g/mol. The lowest BCUT2D eigenvalue weighted by molar-refractivity contribution is -0.128. The zero-order valence-corrected chi connectivity index (χ0v) is 5.95. The van der Waals surface area contributed by atoms with Crippen LogP contribution < -0.4 is 5.73 Å². The maximum Gasteiger partial charge on any atom is 0.0988 e. The molecule has 2 fully saturated rings. The summed E-state index contributed by atoms with van der Waals surface area (Å²) in [4.78, 5) is 0. The number of fused-ring (bicyclic) bond motifs is 1. The molecule has 0 radical (unpaired) electrons. The molecule has 2 rings (SSSR count). The second-order valence-corrected chi connectivity index (χ2v) is 2.99. The molecule has 0 aromatic carbocycles. The Morgan fingerprint density at radius 1 is 1.10 bits per heavy atom. The Bertz CT molecular complexity index is 127. The highest BCUT2D eigenvalue weighted by atomic mass is 16.6. The lowest BCUT2D eigenvalue weighted by Gasteiger charge is -2.28. The minimum absolute atomic E-state index is 0.189. The van der Waals surface area contributed by atoms with Gasteiger partial charge in [-0.2, -0.15) is 0 Å². The third kappa shape index (κ3) is 0.944. The lowest BCUT2D eigenvalue weighted by atomic mass is 10.2. The quantitative estimate of drug-likeness (QED) is 0.514. The molecule has 1 saturated carbocycles. The van der Waals surface area contributed by atoms with Gasteiger partial charge in [-0.3, -0.25) is 0 Å². The van der Waals surface area contributed by atoms with Crippen molar-refractivity contribution in [1.29, 1.82) is 0 Å². The zero-order valence-electron chi connectivity index (χ0n) is 5.95. The van der Waals surface area contributed by atoms with Crippen LogP contribution in [0.3, 0.4) is 0 Å². The summed E-state index contributed by atoms with van der Waals surface area (Å²) in [5.74, 6) is 0. The van der Waals surface area contributed by atoms with E-state index in [1.807, 2.05) is 0 Å². The molecule has 2 N–H and O–H groups in total. The van der Waals surface area contributed by atoms with Gasteiger partial charge in [0.05, 0.1) is 25.4 Å². The molecule has 1 aliphatic carbocycles. The summed E-state index contributed by atoms with van der Waals surface area (Å²) in [7, 11) is 0. The molecule has 1 aliphatic heterocycles. The van der Waals surface area contributed by atoms with Crippen LogP contribution in [-0.2, 0) is 9.47 Å². The second-order valence-electron chi connectivity index (χ2n) is 2.99. The molecule has 0 bridgehead atoms. The summed E-state index contributed by atoms with van der Waals surface area (Å²) in [6, 6.07) is 0.213. The number of hydrogen-bond donors (Lipinski definition) is 1. The molecule has 3 atom stereocenters. The first-order valence-corrected chi connectivity index (χ1v) is 3.87. The van der Waals surface area contributed by atoms with Crippen molar-refractivity contribution in [2.75, 3.05) is 13.2 Å². The third-order valence-corrected chi connectivity index (χ3v) is 2.30. The molecule has 3 nitrogen and oxygen atoms in total. The topological polar surface area (TPSA) is 44.5 Å². The summed E-state index contributed by atoms with van der Waals surface area (Å²) >= 11 is 0. The van der Waals surface area contributed by atoms with Crippen molar-refractivity contribution in [2.45, 2.75) is 31.1 Å². The largest absolute Gasteiger partial charge is 0.373 e. The van der Waals surface area contributed by atoms with Gasteiger partial charge < -0.3 is 15.2 Å². The van der Waals surface area contributed by atoms with Crippen LogP contribution in [0, 0.1) is 0 Å². The standard InChI is InChI=1S/C7H13NO2/c8-5-1-2-6-7(5)10-4-3-9-6/h5-7H,1-4,8H2/t5-,6-,7+/m0/s1. The smallest absolute Gasteiger partial charge is 0.0988 e. The molecule has 3 heteroatoms. The highest BCUT2D eigenvalue weighted by molar-refractivity contribution is 4.90. The number of rotatable bonds is 0. The SMILES string of the molecule is N[C@H]1CC[C@@H]2OCCO[C@@H]21. The van der Waals surface area contributed by atoms with Crippen LogP contribution in [0.15, 0.2) is 0 Å². The number of ether oxygens (including phenoxy) is 2. The Morgan fingerprint density at radius 2 is 1.90 bits per heavy atom. The summed E-state index contributed by atoms with van der Waals surface area (Å²) in [5.41, 5.74) is 5.78. The molecule has 1 heterocycles. The van der Waals surface area contributed by atoms with Gasteiger partial charge in [-0.15, -0.1) is 0 Å². The molecule has 0 aromatic heterocycles. The predicted molar refractivity (Wildman–Crippen MR) is 36.7 cm³/mol. The fourth-order valence-corrected chi connectivity index (χ4v) is 1.75. The van der Waals surface area contributed by atoms with Crippen molar-refractivity contribution in [1.82, 2.24) is 0 Å². The van der Waals surface area contributed by atoms with Crippen LogP contribution in [-0.4, -0.2) is 31.5 Å². The minimum atomic E-state index is 0.189. The van der Waals surface area contributed by atoms with Gasteiger partial charge in [-0.05, 0) is 12.8 Å². The summed E-state index contributed by atoms with van der Waals surface area (Å²) in [6.07, 6.45) is 2.61. The van der Waals surface area contributed by atoms with E-state index in [4.69, 9.17) is 15.2 Å². The van der Waals surface area contributed by atoms with Gasteiger partial charge in [0, 0.05) is 6.04 Å². The van der Waals surface area contributed by atoms with E-state index in [1.54, 1.807) is 0 Å². The van der Waals surface area contributed by atoms with Crippen LogP contribution in [0.5, 0.6) is 0 Å². The molecular formula is C7H13NO2. The van der Waals surface area contributed by atoms with Crippen LogP contribution in [0.25, 0.3) is 0 Å². The van der Waals surface area contributed by atoms with Crippen molar-refractivity contribution in [3.63, 3.8) is 0 Å². The first-order valence-electron chi connectivity index (χ1n) is 3.87. The zero-order chi connectivity index (χ0) is 6.97. The maximum absolute atomic E-state index is 5.78. The van der Waals surface area contributed by atoms with Crippen molar-refractivity contribution < 1.29 is 9.47 Å². The van der Waals surface area contributed by atoms with Crippen molar-refractivity contribution in [3.8, 4) is 0 Å². The van der Waals surface area contributed by atoms with Crippen LogP contribution in [0.1, 0.15) is 12.8 Å². The Balaban J connectivity index is 2.01. The maximum atomic E-state index is 5.78. The first kappa shape index (κ1) is 6.58. The van der Waals surface area contributed by atoms with Gasteiger partial charge in [0.25, 0.3) is 0 Å². The van der Waals surface area contributed by atoms with Crippen molar-refractivity contribution in [3.05, 3.63) is 0 Å². The van der Waals surface area contributed by atoms with E-state index < -0.39 is 0 Å². The van der Waals surface area contributed by atoms with E-state index in [0.29, 0.717) is 6.10 Å². The molecule has 0 spiro atoms. The molecule has 58 valence electrons. The summed E-state index contributed by atoms with van der Waals surface area (Å²) in [6.45, 7) is 1.46. The fraction of sp³-hybridized carbons (Fsp3) is 1.00. The highest BCUT2D eigenvalue weighted by Gasteiger charge is 2.37. The Labute approximate surface area is 60.5 Å². The van der Waals surface area contributed by atoms with E-state index in [9.17, 15) is 0 Å². The molecule has 0 aromatic rings. The van der Waals surface area contributed by atoms with Crippen LogP contribution in [0.4, 0.5) is 0 Å². The van der Waals surface area contributed by atoms with Gasteiger partial charge in [0.1, 0.15) is 0 Å². The first-order chi connectivity index (χ1) is 4.88. The number of hydrogen-bond acceptors (Lipinski definition) is 3. The number of nitrogens with two attached hydrogens (primary N) is 1. The highest BCUT2D eigenvalue weighted by Crippen LogP contribution is 2.26. The normalized spacial score (nSPS) is 47.1. The third-order valence-electron chi connectivity index (χ3n) is 2.30. The van der Waals surface area contributed by atoms with E-state index in [2.05, 4.69) is 0 Å². The van der Waals surface area contributed by atoms with Gasteiger partial charge in [0.2, 0.25) is 0 Å². The fourth-order valence-electron chi connectivity index (χ4n) is 1.75. The van der Waals surface area contributed by atoms with E-state index >= 15 is 0 Å². The summed E-state index contributed by atoms with van der Waals surface area (Å²) in [5, 5.41) is 0. The van der Waals surface area contributed by atoms with E-state index in [0.717, 1.165) is 26.1 Å². The second kappa shape index (κ2) is 2.49. The van der Waals surface area contributed by atoms with Gasteiger partial charge in [0.15, 0.2) is 0 Å². The molecule has 0 amide bonds. The predicted octanol–water partition coefficient (Wildman–Crippen LogP) is -0.109. The van der Waals surface area contributed by atoms with Crippen molar-refractivity contribution >= 4 is 0 Å². The van der Waals surface area contributed by atoms with Crippen LogP contribution in [0.2, 0.25) is 0 Å². The van der Waals surface area contributed by atoms with Crippen molar-refractivity contribution in [2.24, 2.45) is 5.73 Å². The molecule has 10 heavy (non-hydrogen) atoms. The van der Waals surface area contributed by atoms with Gasteiger partial charge in [-0.1, -0.05) is 0 Å². The lowest BCUT2D eigenvalue weighted by Crippen LogP contribution is -2.43. The molecule has 0 unspecified atom stereocenters. The van der Waals surface area contributed by atoms with Crippen LogP contribution >= 0.6 is 0 Å². The monoisotopic (exact) mass is 143 g/mol. The Hall–Kier alpha value is -0.120. The van der Waals surface area contributed by atoms with Gasteiger partial charge >= 0.3 is 0 Å². The Kier molecular flexibility index (Phi) is 1.64. The Morgan fingerprint density at radius 3 is 2.70 bits per heavy atom. The summed E-state index contributed by atoms with van der Waals surface area (Å²) < 4.78 is 10.9. The molecule has 2 aliphatic rings. The molecule has 1 saturated heterocycles. The van der Waals surface area contributed by atoms with E-state index in [-0.39, 0.29) is 12.1 Å². The van der Waals surface area contributed by atoms with E-state index in [1.165, 1.54) is 0 Å². The van der Waals surface area contributed by atoms with Gasteiger partial charge in [-0.25, -0.2) is 0 Å². The minimum Gasteiger partial charge on any atom is -0.373 e. The average Bonchev–Trinajstić information content (AvgIpc) is 2.34.